The van der Waals surface area contributed by atoms with Crippen LogP contribution in [0.4, 0.5) is 16.8 Å². The van der Waals surface area contributed by atoms with Crippen LogP contribution in [0.5, 0.6) is 0 Å². The first-order valence-electron chi connectivity index (χ1n) is 10.4. The Labute approximate surface area is 197 Å². The second kappa shape index (κ2) is 10.1. The summed E-state index contributed by atoms with van der Waals surface area (Å²) in [4.78, 5) is 14.5. The molecule has 0 bridgehead atoms. The first kappa shape index (κ1) is 22.8. The first-order chi connectivity index (χ1) is 15.9. The van der Waals surface area contributed by atoms with Crippen molar-refractivity contribution >= 4 is 38.1 Å². The van der Waals surface area contributed by atoms with E-state index in [1.54, 1.807) is 30.5 Å². The minimum atomic E-state index is -3.68. The number of aromatic nitrogens is 3. The summed E-state index contributed by atoms with van der Waals surface area (Å²) in [7, 11) is -3.68. The maximum absolute atomic E-state index is 12.8. The number of thiazole rings is 1. The van der Waals surface area contributed by atoms with E-state index in [1.165, 1.54) is 11.3 Å². The molecule has 2 aromatic heterocycles. The van der Waals surface area contributed by atoms with E-state index in [0.717, 1.165) is 33.5 Å². The normalized spacial score (nSPS) is 11.3. The number of rotatable bonds is 9. The van der Waals surface area contributed by atoms with Crippen LogP contribution >= 0.6 is 11.3 Å². The zero-order valence-electron chi connectivity index (χ0n) is 18.2. The van der Waals surface area contributed by atoms with Gasteiger partial charge in [0.05, 0.1) is 21.2 Å². The molecular formula is C23H24N6O2S2. The van der Waals surface area contributed by atoms with Crippen molar-refractivity contribution in [3.8, 4) is 10.6 Å². The fourth-order valence-electron chi connectivity index (χ4n) is 3.13. The molecule has 0 fully saturated rings. The molecule has 0 saturated carbocycles. The van der Waals surface area contributed by atoms with Gasteiger partial charge in [0.15, 0.2) is 5.13 Å². The van der Waals surface area contributed by atoms with Gasteiger partial charge < -0.3 is 10.6 Å². The lowest BCUT2D eigenvalue weighted by Gasteiger charge is -2.10. The highest BCUT2D eigenvalue weighted by Gasteiger charge is 2.15. The number of nitrogens with one attached hydrogen (secondary N) is 3. The van der Waals surface area contributed by atoms with Crippen LogP contribution in [-0.2, 0) is 16.6 Å². The Kier molecular flexibility index (Phi) is 6.97. The van der Waals surface area contributed by atoms with Crippen molar-refractivity contribution in [3.63, 3.8) is 0 Å². The van der Waals surface area contributed by atoms with Crippen LogP contribution in [0.3, 0.4) is 0 Å². The Morgan fingerprint density at radius 1 is 1.00 bits per heavy atom. The molecule has 0 spiro atoms. The van der Waals surface area contributed by atoms with E-state index in [-0.39, 0.29) is 11.4 Å². The van der Waals surface area contributed by atoms with Crippen LogP contribution < -0.4 is 15.4 Å². The van der Waals surface area contributed by atoms with Gasteiger partial charge in [-0.15, -0.1) is 0 Å². The Balaban J connectivity index is 1.51. The standard InChI is InChI=1S/C23H24N6O2S2/c1-3-24-23-27-16(2)21(32-23)20-12-13-25-22(29-20)28-18-10-7-11-19(14-18)33(30,31)26-15-17-8-5-4-6-9-17/h4-14,26H,3,15H2,1-2H3,(H,24,27)(H,25,28,29). The highest BCUT2D eigenvalue weighted by molar-refractivity contribution is 7.89. The second-order valence-corrected chi connectivity index (χ2v) is 9.96. The summed E-state index contributed by atoms with van der Waals surface area (Å²) in [6, 6.07) is 17.8. The molecular weight excluding hydrogens is 456 g/mol. The van der Waals surface area contributed by atoms with Crippen LogP contribution in [0.2, 0.25) is 0 Å². The SMILES string of the molecule is CCNc1nc(C)c(-c2ccnc(Nc3cccc(S(=O)(=O)NCc4ccccc4)c3)n2)s1. The highest BCUT2D eigenvalue weighted by Crippen LogP contribution is 2.32. The van der Waals surface area contributed by atoms with E-state index in [0.29, 0.717) is 11.6 Å². The number of aryl methyl sites for hydroxylation is 1. The topological polar surface area (TPSA) is 109 Å². The van der Waals surface area contributed by atoms with Gasteiger partial charge in [0, 0.05) is 25.0 Å². The molecule has 2 aromatic carbocycles. The lowest BCUT2D eigenvalue weighted by Crippen LogP contribution is -2.23. The molecule has 4 rings (SSSR count). The van der Waals surface area contributed by atoms with Gasteiger partial charge in [-0.3, -0.25) is 0 Å². The molecule has 0 aliphatic rings. The minimum Gasteiger partial charge on any atom is -0.362 e. The maximum atomic E-state index is 12.8. The van der Waals surface area contributed by atoms with Gasteiger partial charge in [-0.25, -0.2) is 28.1 Å². The summed E-state index contributed by atoms with van der Waals surface area (Å²) in [6.07, 6.45) is 1.67. The van der Waals surface area contributed by atoms with Crippen LogP contribution in [0.1, 0.15) is 18.2 Å². The summed E-state index contributed by atoms with van der Waals surface area (Å²) in [5, 5.41) is 7.17. The third kappa shape index (κ3) is 5.72. The molecule has 4 aromatic rings. The molecule has 33 heavy (non-hydrogen) atoms. The molecule has 0 unspecified atom stereocenters. The predicted octanol–water partition coefficient (Wildman–Crippen LogP) is 4.56. The summed E-state index contributed by atoms with van der Waals surface area (Å²) in [5.74, 6) is 0.372. The van der Waals surface area contributed by atoms with Crippen LogP contribution in [0.25, 0.3) is 10.6 Å². The van der Waals surface area contributed by atoms with Crippen molar-refractivity contribution < 1.29 is 8.42 Å². The highest BCUT2D eigenvalue weighted by atomic mass is 32.2. The average Bonchev–Trinajstić information content (AvgIpc) is 3.19. The van der Waals surface area contributed by atoms with Gasteiger partial charge in [0.2, 0.25) is 16.0 Å². The first-order valence-corrected chi connectivity index (χ1v) is 12.7. The maximum Gasteiger partial charge on any atom is 0.240 e. The molecule has 0 amide bonds. The lowest BCUT2D eigenvalue weighted by molar-refractivity contribution is 0.581. The summed E-state index contributed by atoms with van der Waals surface area (Å²) < 4.78 is 28.2. The molecule has 0 atom stereocenters. The fraction of sp³-hybridized carbons (Fsp3) is 0.174. The lowest BCUT2D eigenvalue weighted by atomic mass is 10.2. The van der Waals surface area contributed by atoms with Crippen molar-refractivity contribution in [2.75, 3.05) is 17.2 Å². The number of nitrogens with zero attached hydrogens (tertiary/aromatic N) is 3. The fourth-order valence-corrected chi connectivity index (χ4v) is 5.20. The number of benzene rings is 2. The van der Waals surface area contributed by atoms with Crippen molar-refractivity contribution in [2.45, 2.75) is 25.3 Å². The Morgan fingerprint density at radius 2 is 1.82 bits per heavy atom. The Bertz CT molecular complexity index is 1340. The quantitative estimate of drug-likeness (QED) is 0.322. The molecule has 2 heterocycles. The molecule has 3 N–H and O–H groups in total. The summed E-state index contributed by atoms with van der Waals surface area (Å²) in [6.45, 7) is 4.98. The predicted molar refractivity (Wildman–Crippen MR) is 132 cm³/mol. The molecule has 0 aliphatic heterocycles. The van der Waals surface area contributed by atoms with Crippen molar-refractivity contribution in [2.24, 2.45) is 0 Å². The van der Waals surface area contributed by atoms with Crippen LogP contribution in [0, 0.1) is 6.92 Å². The summed E-state index contributed by atoms with van der Waals surface area (Å²) in [5.41, 5.74) is 3.10. The summed E-state index contributed by atoms with van der Waals surface area (Å²) >= 11 is 1.53. The third-order valence-corrected chi connectivity index (χ3v) is 7.26. The largest absolute Gasteiger partial charge is 0.362 e. The molecule has 0 radical (unpaired) electrons. The molecule has 0 saturated heterocycles. The van der Waals surface area contributed by atoms with Gasteiger partial charge >= 0.3 is 0 Å². The molecule has 8 nitrogen and oxygen atoms in total. The van der Waals surface area contributed by atoms with Gasteiger partial charge in [0.25, 0.3) is 0 Å². The Morgan fingerprint density at radius 3 is 2.61 bits per heavy atom. The van der Waals surface area contributed by atoms with E-state index in [2.05, 4.69) is 30.3 Å². The van der Waals surface area contributed by atoms with E-state index < -0.39 is 10.0 Å². The molecule has 170 valence electrons. The molecule has 0 aliphatic carbocycles. The van der Waals surface area contributed by atoms with Crippen LogP contribution in [0.15, 0.2) is 71.8 Å². The number of anilines is 3. The van der Waals surface area contributed by atoms with E-state index in [1.807, 2.05) is 50.2 Å². The smallest absolute Gasteiger partial charge is 0.240 e. The van der Waals surface area contributed by atoms with Crippen LogP contribution in [-0.4, -0.2) is 29.9 Å². The Hall–Kier alpha value is -3.34. The minimum absolute atomic E-state index is 0.160. The monoisotopic (exact) mass is 480 g/mol. The van der Waals surface area contributed by atoms with Crippen molar-refractivity contribution in [1.82, 2.24) is 19.7 Å². The number of hydrogen-bond acceptors (Lipinski definition) is 8. The van der Waals surface area contributed by atoms with Crippen molar-refractivity contribution in [3.05, 3.63) is 78.1 Å². The van der Waals surface area contributed by atoms with E-state index >= 15 is 0 Å². The van der Waals surface area contributed by atoms with Gasteiger partial charge in [-0.05, 0) is 43.7 Å². The molecule has 10 heteroatoms. The van der Waals surface area contributed by atoms with Gasteiger partial charge in [-0.1, -0.05) is 47.7 Å². The third-order valence-electron chi connectivity index (χ3n) is 4.72. The van der Waals surface area contributed by atoms with Gasteiger partial charge in [-0.2, -0.15) is 0 Å². The zero-order valence-corrected chi connectivity index (χ0v) is 19.9. The van der Waals surface area contributed by atoms with Gasteiger partial charge in [0.1, 0.15) is 0 Å². The average molecular weight is 481 g/mol. The van der Waals surface area contributed by atoms with E-state index in [9.17, 15) is 8.42 Å². The van der Waals surface area contributed by atoms with Crippen molar-refractivity contribution in [1.29, 1.82) is 0 Å². The van der Waals surface area contributed by atoms with E-state index in [4.69, 9.17) is 0 Å². The number of sulfonamides is 1. The second-order valence-electron chi connectivity index (χ2n) is 7.19. The number of hydrogen-bond donors (Lipinski definition) is 3. The zero-order chi connectivity index (χ0) is 23.3.